The van der Waals surface area contributed by atoms with Crippen LogP contribution in [0.2, 0.25) is 0 Å². The predicted octanol–water partition coefficient (Wildman–Crippen LogP) is 4.39. The predicted molar refractivity (Wildman–Crippen MR) is 110 cm³/mol. The first-order valence-corrected chi connectivity index (χ1v) is 10.2. The lowest BCUT2D eigenvalue weighted by atomic mass is 10.0. The van der Waals surface area contributed by atoms with E-state index in [4.69, 9.17) is 5.26 Å². The lowest BCUT2D eigenvalue weighted by Crippen LogP contribution is -2.27. The van der Waals surface area contributed by atoms with Crippen molar-refractivity contribution in [2.24, 2.45) is 4.99 Å². The number of likely N-dealkylation sites (tertiary alicyclic amines) is 1. The van der Waals surface area contributed by atoms with E-state index in [-0.39, 0.29) is 6.03 Å². The van der Waals surface area contributed by atoms with Gasteiger partial charge in [0.2, 0.25) is 0 Å². The van der Waals surface area contributed by atoms with Crippen LogP contribution in [0.5, 0.6) is 0 Å². The highest BCUT2D eigenvalue weighted by molar-refractivity contribution is 7.07. The SMILES string of the molecule is N#CCc1ccc(-c2ccc(-n3ccsc3=NC(=O)N3CCCC3)cc2)cc1. The summed E-state index contributed by atoms with van der Waals surface area (Å²) in [5.74, 6) is 0. The summed E-state index contributed by atoms with van der Waals surface area (Å²) in [6.45, 7) is 1.60. The van der Waals surface area contributed by atoms with E-state index in [0.717, 1.165) is 48.3 Å². The summed E-state index contributed by atoms with van der Waals surface area (Å²) in [5, 5.41) is 10.7. The van der Waals surface area contributed by atoms with E-state index in [0.29, 0.717) is 11.2 Å². The van der Waals surface area contributed by atoms with Crippen LogP contribution in [0, 0.1) is 11.3 Å². The molecule has 28 heavy (non-hydrogen) atoms. The Kier molecular flexibility index (Phi) is 5.36. The maximum Gasteiger partial charge on any atom is 0.346 e. The molecule has 1 aliphatic rings. The van der Waals surface area contributed by atoms with Gasteiger partial charge in [-0.3, -0.25) is 4.57 Å². The van der Waals surface area contributed by atoms with Crippen LogP contribution in [-0.2, 0) is 6.42 Å². The molecular formula is C22H20N4OS. The number of urea groups is 1. The third-order valence-electron chi connectivity index (χ3n) is 4.87. The van der Waals surface area contributed by atoms with Crippen LogP contribution < -0.4 is 4.80 Å². The highest BCUT2D eigenvalue weighted by Gasteiger charge is 2.17. The lowest BCUT2D eigenvalue weighted by Gasteiger charge is -2.11. The van der Waals surface area contributed by atoms with E-state index < -0.39 is 0 Å². The first kappa shape index (κ1) is 18.2. The number of nitriles is 1. The van der Waals surface area contributed by atoms with E-state index in [2.05, 4.69) is 23.2 Å². The normalized spacial score (nSPS) is 14.2. The van der Waals surface area contributed by atoms with Crippen LogP contribution >= 0.6 is 11.3 Å². The van der Waals surface area contributed by atoms with Crippen molar-refractivity contribution in [3.8, 4) is 22.9 Å². The van der Waals surface area contributed by atoms with Gasteiger partial charge in [-0.25, -0.2) is 4.79 Å². The third kappa shape index (κ3) is 3.90. The molecule has 2 amide bonds. The molecule has 0 N–H and O–H groups in total. The summed E-state index contributed by atoms with van der Waals surface area (Å²) in [6, 6.07) is 18.2. The Labute approximate surface area is 167 Å². The zero-order valence-corrected chi connectivity index (χ0v) is 16.2. The Morgan fingerprint density at radius 2 is 1.68 bits per heavy atom. The number of rotatable bonds is 3. The fourth-order valence-electron chi connectivity index (χ4n) is 3.33. The molecule has 2 heterocycles. The first-order valence-electron chi connectivity index (χ1n) is 9.31. The number of amides is 2. The second-order valence-electron chi connectivity index (χ2n) is 6.72. The monoisotopic (exact) mass is 388 g/mol. The van der Waals surface area contributed by atoms with Crippen molar-refractivity contribution < 1.29 is 4.79 Å². The topological polar surface area (TPSA) is 61.4 Å². The van der Waals surface area contributed by atoms with Crippen LogP contribution in [-0.4, -0.2) is 28.6 Å². The van der Waals surface area contributed by atoms with Crippen molar-refractivity contribution in [2.45, 2.75) is 19.3 Å². The molecule has 1 fully saturated rings. The molecule has 1 saturated heterocycles. The Morgan fingerprint density at radius 1 is 1.04 bits per heavy atom. The quantitative estimate of drug-likeness (QED) is 0.668. The average molecular weight is 388 g/mol. The molecule has 0 aliphatic carbocycles. The highest BCUT2D eigenvalue weighted by Crippen LogP contribution is 2.21. The summed E-state index contributed by atoms with van der Waals surface area (Å²) in [5.41, 5.74) is 4.21. The first-order chi connectivity index (χ1) is 13.7. The van der Waals surface area contributed by atoms with Gasteiger partial charge in [0.15, 0.2) is 4.80 Å². The fourth-order valence-corrected chi connectivity index (χ4v) is 4.05. The minimum atomic E-state index is -0.150. The number of hydrogen-bond donors (Lipinski definition) is 0. The van der Waals surface area contributed by atoms with Crippen molar-refractivity contribution in [3.05, 3.63) is 70.5 Å². The standard InChI is InChI=1S/C22H20N4OS/c23-12-11-17-3-5-18(6-4-17)19-7-9-20(10-8-19)26-15-16-28-22(26)24-21(27)25-13-1-2-14-25/h3-10,15-16H,1-2,11,13-14H2. The molecule has 2 aromatic carbocycles. The van der Waals surface area contributed by atoms with Crippen molar-refractivity contribution >= 4 is 17.4 Å². The molecule has 140 valence electrons. The zero-order valence-electron chi connectivity index (χ0n) is 15.4. The van der Waals surface area contributed by atoms with E-state index in [1.54, 1.807) is 0 Å². The maximum absolute atomic E-state index is 12.3. The molecule has 0 radical (unpaired) electrons. The van der Waals surface area contributed by atoms with Gasteiger partial charge >= 0.3 is 6.03 Å². The van der Waals surface area contributed by atoms with Crippen LogP contribution in [0.25, 0.3) is 16.8 Å². The van der Waals surface area contributed by atoms with Crippen LogP contribution in [0.3, 0.4) is 0 Å². The van der Waals surface area contributed by atoms with E-state index in [1.165, 1.54) is 11.3 Å². The van der Waals surface area contributed by atoms with Gasteiger partial charge in [-0.1, -0.05) is 36.4 Å². The van der Waals surface area contributed by atoms with Gasteiger partial charge < -0.3 is 4.90 Å². The van der Waals surface area contributed by atoms with Crippen LogP contribution in [0.15, 0.2) is 65.1 Å². The number of carbonyl (C=O) groups excluding carboxylic acids is 1. The summed E-state index contributed by atoms with van der Waals surface area (Å²) in [6.07, 6.45) is 4.48. The Balaban J connectivity index is 1.57. The van der Waals surface area contributed by atoms with Gasteiger partial charge in [-0.2, -0.15) is 10.3 Å². The molecule has 1 aromatic heterocycles. The molecule has 1 aliphatic heterocycles. The summed E-state index contributed by atoms with van der Waals surface area (Å²) in [4.78, 5) is 19.2. The molecule has 0 atom stereocenters. The van der Waals surface area contributed by atoms with E-state index in [9.17, 15) is 4.79 Å². The molecular weight excluding hydrogens is 368 g/mol. The minimum Gasteiger partial charge on any atom is -0.323 e. The van der Waals surface area contributed by atoms with Crippen molar-refractivity contribution in [3.63, 3.8) is 0 Å². The summed E-state index contributed by atoms with van der Waals surface area (Å²) in [7, 11) is 0. The van der Waals surface area contributed by atoms with E-state index in [1.807, 2.05) is 57.4 Å². The molecule has 0 bridgehead atoms. The van der Waals surface area contributed by atoms with Gasteiger partial charge in [0.25, 0.3) is 0 Å². The highest BCUT2D eigenvalue weighted by atomic mass is 32.1. The van der Waals surface area contributed by atoms with E-state index >= 15 is 0 Å². The third-order valence-corrected chi connectivity index (χ3v) is 5.63. The smallest absolute Gasteiger partial charge is 0.323 e. The molecule has 3 aromatic rings. The summed E-state index contributed by atoms with van der Waals surface area (Å²) >= 11 is 1.46. The number of benzene rings is 2. The summed E-state index contributed by atoms with van der Waals surface area (Å²) < 4.78 is 1.94. The van der Waals surface area contributed by atoms with Crippen molar-refractivity contribution in [1.29, 1.82) is 5.26 Å². The lowest BCUT2D eigenvalue weighted by molar-refractivity contribution is 0.218. The number of nitrogens with zero attached hydrogens (tertiary/aromatic N) is 4. The minimum absolute atomic E-state index is 0.150. The van der Waals surface area contributed by atoms with Crippen LogP contribution in [0.4, 0.5) is 4.79 Å². The number of carbonyl (C=O) groups is 1. The molecule has 4 rings (SSSR count). The molecule has 0 unspecified atom stereocenters. The molecule has 0 spiro atoms. The van der Waals surface area contributed by atoms with Gasteiger partial charge in [-0.15, -0.1) is 11.3 Å². The Hall–Kier alpha value is -3.17. The molecule has 6 heteroatoms. The fraction of sp³-hybridized carbons (Fsp3) is 0.227. The largest absolute Gasteiger partial charge is 0.346 e. The zero-order chi connectivity index (χ0) is 19.3. The van der Waals surface area contributed by atoms with Crippen LogP contribution in [0.1, 0.15) is 18.4 Å². The second kappa shape index (κ2) is 8.24. The van der Waals surface area contributed by atoms with Gasteiger partial charge in [0.05, 0.1) is 12.5 Å². The van der Waals surface area contributed by atoms with Gasteiger partial charge in [0.1, 0.15) is 0 Å². The Morgan fingerprint density at radius 3 is 2.32 bits per heavy atom. The van der Waals surface area contributed by atoms with Crippen molar-refractivity contribution in [2.75, 3.05) is 13.1 Å². The molecule has 5 nitrogen and oxygen atoms in total. The number of hydrogen-bond acceptors (Lipinski definition) is 3. The maximum atomic E-state index is 12.3. The average Bonchev–Trinajstić information content (AvgIpc) is 3.41. The second-order valence-corrected chi connectivity index (χ2v) is 7.60. The van der Waals surface area contributed by atoms with Gasteiger partial charge in [0, 0.05) is 30.4 Å². The Bertz CT molecular complexity index is 1070. The van der Waals surface area contributed by atoms with Crippen molar-refractivity contribution in [1.82, 2.24) is 9.47 Å². The number of aromatic nitrogens is 1. The van der Waals surface area contributed by atoms with Gasteiger partial charge in [-0.05, 0) is 41.7 Å². The number of thiazole rings is 1. The molecule has 0 saturated carbocycles.